The van der Waals surface area contributed by atoms with Crippen molar-refractivity contribution in [2.75, 3.05) is 19.6 Å². The van der Waals surface area contributed by atoms with E-state index in [4.69, 9.17) is 4.42 Å². The van der Waals surface area contributed by atoms with Gasteiger partial charge in [0.05, 0.1) is 19.4 Å². The summed E-state index contributed by atoms with van der Waals surface area (Å²) in [4.78, 5) is 24.8. The van der Waals surface area contributed by atoms with Crippen LogP contribution in [0.4, 0.5) is 0 Å². The fourth-order valence-corrected chi connectivity index (χ4v) is 2.73. The Bertz CT molecular complexity index is 723. The standard InChI is InChI=1S/C18H19N3O3/c22-17(19-20-18(23)16-7-4-12-24-16)13-21-10-8-15(9-11-21)14-5-2-1-3-6-14/h1-8,12H,9-11,13H2,(H,19,22)(H,20,23)/p+1. The SMILES string of the molecule is O=C(C[NH+]1CC=C(c2ccccc2)CC1)NNC(=O)c1ccco1. The first-order valence-electron chi connectivity index (χ1n) is 7.93. The fraction of sp³-hybridized carbons (Fsp3) is 0.222. The molecule has 0 fully saturated rings. The lowest BCUT2D eigenvalue weighted by molar-refractivity contribution is -0.886. The molecular weight excluding hydrogens is 306 g/mol. The van der Waals surface area contributed by atoms with Crippen LogP contribution >= 0.6 is 0 Å². The maximum Gasteiger partial charge on any atom is 0.305 e. The molecule has 1 aromatic carbocycles. The number of nitrogens with one attached hydrogen (secondary N) is 3. The molecule has 0 bridgehead atoms. The highest BCUT2D eigenvalue weighted by molar-refractivity contribution is 5.92. The van der Waals surface area contributed by atoms with E-state index in [0.717, 1.165) is 19.5 Å². The quantitative estimate of drug-likeness (QED) is 0.713. The van der Waals surface area contributed by atoms with E-state index in [-0.39, 0.29) is 11.7 Å². The topological polar surface area (TPSA) is 75.8 Å². The second-order valence-corrected chi connectivity index (χ2v) is 5.71. The van der Waals surface area contributed by atoms with E-state index in [0.29, 0.717) is 6.54 Å². The first-order valence-corrected chi connectivity index (χ1v) is 7.93. The lowest BCUT2D eigenvalue weighted by Gasteiger charge is -2.23. The Labute approximate surface area is 140 Å². The highest BCUT2D eigenvalue weighted by Gasteiger charge is 2.19. The third kappa shape index (κ3) is 4.11. The predicted octanol–water partition coefficient (Wildman–Crippen LogP) is 0.413. The number of rotatable bonds is 4. The van der Waals surface area contributed by atoms with Crippen molar-refractivity contribution in [1.82, 2.24) is 10.9 Å². The summed E-state index contributed by atoms with van der Waals surface area (Å²) in [5.41, 5.74) is 7.34. The van der Waals surface area contributed by atoms with Gasteiger partial charge in [0.2, 0.25) is 0 Å². The number of hydrogen-bond donors (Lipinski definition) is 3. The van der Waals surface area contributed by atoms with Crippen LogP contribution in [0.5, 0.6) is 0 Å². The van der Waals surface area contributed by atoms with Gasteiger partial charge in [-0.1, -0.05) is 30.3 Å². The molecule has 0 spiro atoms. The molecule has 0 radical (unpaired) electrons. The Kier molecular flexibility index (Phi) is 5.08. The molecular formula is C18H20N3O3+. The minimum atomic E-state index is -0.465. The second kappa shape index (κ2) is 7.61. The van der Waals surface area contributed by atoms with E-state index in [9.17, 15) is 9.59 Å². The number of furan rings is 1. The van der Waals surface area contributed by atoms with Crippen LogP contribution in [0.25, 0.3) is 5.57 Å². The van der Waals surface area contributed by atoms with Crippen LogP contribution in [-0.4, -0.2) is 31.4 Å². The van der Waals surface area contributed by atoms with Gasteiger partial charge in [-0.05, 0) is 29.3 Å². The van der Waals surface area contributed by atoms with Crippen molar-refractivity contribution >= 4 is 17.4 Å². The van der Waals surface area contributed by atoms with Gasteiger partial charge in [0.1, 0.15) is 0 Å². The zero-order chi connectivity index (χ0) is 16.8. The van der Waals surface area contributed by atoms with Crippen LogP contribution in [0.15, 0.2) is 59.2 Å². The van der Waals surface area contributed by atoms with E-state index < -0.39 is 5.91 Å². The number of hydrazine groups is 1. The molecule has 0 saturated heterocycles. The summed E-state index contributed by atoms with van der Waals surface area (Å²) >= 11 is 0. The Morgan fingerprint density at radius 1 is 1.08 bits per heavy atom. The first kappa shape index (κ1) is 16.0. The molecule has 124 valence electrons. The van der Waals surface area contributed by atoms with Gasteiger partial charge in [-0.2, -0.15) is 0 Å². The number of amides is 2. The summed E-state index contributed by atoms with van der Waals surface area (Å²) in [5, 5.41) is 0. The van der Waals surface area contributed by atoms with Gasteiger partial charge >= 0.3 is 5.91 Å². The Morgan fingerprint density at radius 2 is 1.92 bits per heavy atom. The molecule has 1 unspecified atom stereocenters. The zero-order valence-corrected chi connectivity index (χ0v) is 13.2. The van der Waals surface area contributed by atoms with Crippen molar-refractivity contribution in [3.8, 4) is 0 Å². The lowest BCUT2D eigenvalue weighted by Crippen LogP contribution is -3.13. The van der Waals surface area contributed by atoms with Crippen molar-refractivity contribution in [2.24, 2.45) is 0 Å². The average Bonchev–Trinajstić information content (AvgIpc) is 3.16. The van der Waals surface area contributed by atoms with E-state index in [1.807, 2.05) is 18.2 Å². The molecule has 0 aliphatic carbocycles. The van der Waals surface area contributed by atoms with Gasteiger partial charge in [0.25, 0.3) is 5.91 Å². The molecule has 24 heavy (non-hydrogen) atoms. The zero-order valence-electron chi connectivity index (χ0n) is 13.2. The fourth-order valence-electron chi connectivity index (χ4n) is 2.73. The van der Waals surface area contributed by atoms with Crippen LogP contribution in [0, 0.1) is 0 Å². The lowest BCUT2D eigenvalue weighted by atomic mass is 10.00. The van der Waals surface area contributed by atoms with Gasteiger partial charge in [-0.3, -0.25) is 20.4 Å². The third-order valence-electron chi connectivity index (χ3n) is 4.00. The molecule has 1 aliphatic rings. The van der Waals surface area contributed by atoms with Gasteiger partial charge in [-0.25, -0.2) is 0 Å². The number of carbonyl (C=O) groups is 2. The number of quaternary nitrogens is 1. The van der Waals surface area contributed by atoms with Crippen molar-refractivity contribution in [2.45, 2.75) is 6.42 Å². The summed E-state index contributed by atoms with van der Waals surface area (Å²) in [7, 11) is 0. The number of benzene rings is 1. The summed E-state index contributed by atoms with van der Waals surface area (Å²) < 4.78 is 4.96. The summed E-state index contributed by atoms with van der Waals surface area (Å²) in [5.74, 6) is -0.522. The molecule has 6 nitrogen and oxygen atoms in total. The number of hydrogen-bond acceptors (Lipinski definition) is 3. The minimum absolute atomic E-state index is 0.163. The normalized spacial score (nSPS) is 17.0. The molecule has 3 N–H and O–H groups in total. The van der Waals surface area contributed by atoms with Crippen molar-refractivity contribution in [1.29, 1.82) is 0 Å². The summed E-state index contributed by atoms with van der Waals surface area (Å²) in [6, 6.07) is 13.4. The highest BCUT2D eigenvalue weighted by atomic mass is 16.3. The molecule has 2 heterocycles. The molecule has 1 aliphatic heterocycles. The van der Waals surface area contributed by atoms with Crippen LogP contribution in [0.2, 0.25) is 0 Å². The minimum Gasteiger partial charge on any atom is -0.459 e. The van der Waals surface area contributed by atoms with Crippen molar-refractivity contribution < 1.29 is 18.9 Å². The molecule has 3 rings (SSSR count). The van der Waals surface area contributed by atoms with E-state index in [2.05, 4.69) is 29.1 Å². The van der Waals surface area contributed by atoms with Gasteiger partial charge in [0, 0.05) is 6.42 Å². The molecule has 0 saturated carbocycles. The molecule has 1 aromatic heterocycles. The third-order valence-corrected chi connectivity index (χ3v) is 4.00. The van der Waals surface area contributed by atoms with E-state index >= 15 is 0 Å². The largest absolute Gasteiger partial charge is 0.459 e. The smallest absolute Gasteiger partial charge is 0.305 e. The number of carbonyl (C=O) groups excluding carboxylic acids is 2. The highest BCUT2D eigenvalue weighted by Crippen LogP contribution is 2.17. The molecule has 1 atom stereocenters. The van der Waals surface area contributed by atoms with Crippen molar-refractivity contribution in [3.63, 3.8) is 0 Å². The molecule has 2 amide bonds. The van der Waals surface area contributed by atoms with Crippen LogP contribution in [-0.2, 0) is 4.79 Å². The summed E-state index contributed by atoms with van der Waals surface area (Å²) in [6.07, 6.45) is 4.53. The average molecular weight is 326 g/mol. The Morgan fingerprint density at radius 3 is 2.58 bits per heavy atom. The first-order chi connectivity index (χ1) is 11.7. The maximum absolute atomic E-state index is 11.9. The van der Waals surface area contributed by atoms with E-state index in [1.54, 1.807) is 6.07 Å². The van der Waals surface area contributed by atoms with Gasteiger partial charge < -0.3 is 9.32 Å². The monoisotopic (exact) mass is 326 g/mol. The predicted molar refractivity (Wildman–Crippen MR) is 88.9 cm³/mol. The van der Waals surface area contributed by atoms with Gasteiger partial charge in [-0.15, -0.1) is 0 Å². The van der Waals surface area contributed by atoms with Crippen LogP contribution < -0.4 is 15.8 Å². The second-order valence-electron chi connectivity index (χ2n) is 5.71. The summed E-state index contributed by atoms with van der Waals surface area (Å²) in [6.45, 7) is 2.00. The molecule has 2 aromatic rings. The van der Waals surface area contributed by atoms with Crippen LogP contribution in [0.3, 0.4) is 0 Å². The maximum atomic E-state index is 11.9. The molecule has 6 heteroatoms. The Balaban J connectivity index is 1.45. The van der Waals surface area contributed by atoms with Crippen molar-refractivity contribution in [3.05, 3.63) is 66.1 Å². The van der Waals surface area contributed by atoms with Crippen LogP contribution in [0.1, 0.15) is 22.5 Å². The van der Waals surface area contributed by atoms with E-state index in [1.165, 1.54) is 28.4 Å². The van der Waals surface area contributed by atoms with Gasteiger partial charge in [0.15, 0.2) is 12.3 Å². The Hall–Kier alpha value is -2.86.